The minimum absolute atomic E-state index is 0.118. The van der Waals surface area contributed by atoms with Gasteiger partial charge in [-0.25, -0.2) is 0 Å². The van der Waals surface area contributed by atoms with Gasteiger partial charge in [-0.2, -0.15) is 0 Å². The molecule has 0 aliphatic heterocycles. The van der Waals surface area contributed by atoms with Crippen molar-refractivity contribution in [2.24, 2.45) is 5.41 Å². The monoisotopic (exact) mass is 380 g/mol. The van der Waals surface area contributed by atoms with Crippen LogP contribution in [-0.4, -0.2) is 20.9 Å². The van der Waals surface area contributed by atoms with Crippen LogP contribution in [0, 0.1) is 5.41 Å². The molecule has 5 nitrogen and oxygen atoms in total. The topological polar surface area (TPSA) is 70.7 Å². The Kier molecular flexibility index (Phi) is 4.27. The molecule has 0 bridgehead atoms. The lowest BCUT2D eigenvalue weighted by molar-refractivity contribution is -0.125. The van der Waals surface area contributed by atoms with E-state index < -0.39 is 0 Å². The Morgan fingerprint density at radius 1 is 1.30 bits per heavy atom. The summed E-state index contributed by atoms with van der Waals surface area (Å²) < 4.78 is 0. The molecule has 0 saturated heterocycles. The normalized spacial score (nSPS) is 14.9. The minimum atomic E-state index is -0.170. The Hall–Kier alpha value is -2.66. The van der Waals surface area contributed by atoms with Gasteiger partial charge in [0.05, 0.1) is 35.3 Å². The number of nitrogens with zero attached hydrogens (tertiary/aromatic N) is 2. The summed E-state index contributed by atoms with van der Waals surface area (Å²) in [5, 5.41) is 4.61. The van der Waals surface area contributed by atoms with Crippen molar-refractivity contribution in [3.05, 3.63) is 53.6 Å². The van der Waals surface area contributed by atoms with Crippen LogP contribution in [0.25, 0.3) is 27.7 Å². The van der Waals surface area contributed by atoms with Gasteiger partial charge < -0.3 is 10.3 Å². The summed E-state index contributed by atoms with van der Waals surface area (Å²) in [4.78, 5) is 24.3. The second kappa shape index (κ2) is 6.50. The van der Waals surface area contributed by atoms with Crippen LogP contribution in [0.15, 0.2) is 37.2 Å². The predicted octanol–water partition coefficient (Wildman–Crippen LogP) is 4.73. The van der Waals surface area contributed by atoms with Crippen LogP contribution in [0.2, 0.25) is 5.02 Å². The number of aromatic amines is 1. The van der Waals surface area contributed by atoms with Crippen LogP contribution < -0.4 is 5.32 Å². The Bertz CT molecular complexity index is 1050. The molecule has 27 heavy (non-hydrogen) atoms. The second-order valence-corrected chi connectivity index (χ2v) is 7.93. The third-order valence-corrected chi connectivity index (χ3v) is 5.43. The minimum Gasteiger partial charge on any atom is -0.357 e. The van der Waals surface area contributed by atoms with E-state index in [-0.39, 0.29) is 11.3 Å². The van der Waals surface area contributed by atoms with Crippen molar-refractivity contribution in [3.63, 3.8) is 0 Å². The molecule has 3 aromatic rings. The SMILES string of the molecule is C=C(C)c1cnc(-c2cc3[nH]c(CNC(=O)C4(C)CC4)cc3cc2Cl)cn1. The summed E-state index contributed by atoms with van der Waals surface area (Å²) in [6.07, 6.45) is 5.34. The molecule has 2 N–H and O–H groups in total. The van der Waals surface area contributed by atoms with E-state index in [2.05, 4.69) is 26.8 Å². The summed E-state index contributed by atoms with van der Waals surface area (Å²) in [5.74, 6) is 0.118. The van der Waals surface area contributed by atoms with Crippen LogP contribution >= 0.6 is 11.6 Å². The number of hydrogen-bond donors (Lipinski definition) is 2. The van der Waals surface area contributed by atoms with E-state index in [1.807, 2.05) is 32.0 Å². The van der Waals surface area contributed by atoms with Crippen molar-refractivity contribution in [2.45, 2.75) is 33.2 Å². The molecule has 6 heteroatoms. The highest BCUT2D eigenvalue weighted by Gasteiger charge is 2.44. The number of amides is 1. The van der Waals surface area contributed by atoms with Gasteiger partial charge in [0.2, 0.25) is 5.91 Å². The molecular weight excluding hydrogens is 360 g/mol. The molecule has 138 valence electrons. The lowest BCUT2D eigenvalue weighted by Gasteiger charge is -2.08. The molecule has 1 fully saturated rings. The van der Waals surface area contributed by atoms with Crippen molar-refractivity contribution in [2.75, 3.05) is 0 Å². The Morgan fingerprint density at radius 3 is 2.70 bits per heavy atom. The highest BCUT2D eigenvalue weighted by molar-refractivity contribution is 6.34. The van der Waals surface area contributed by atoms with Gasteiger partial charge in [-0.05, 0) is 43.5 Å². The Morgan fingerprint density at radius 2 is 2.07 bits per heavy atom. The van der Waals surface area contributed by atoms with Gasteiger partial charge in [-0.1, -0.05) is 25.1 Å². The Labute approximate surface area is 162 Å². The number of benzene rings is 1. The maximum Gasteiger partial charge on any atom is 0.226 e. The van der Waals surface area contributed by atoms with Crippen LogP contribution in [0.4, 0.5) is 0 Å². The predicted molar refractivity (Wildman–Crippen MR) is 108 cm³/mol. The summed E-state index contributed by atoms with van der Waals surface area (Å²) in [6, 6.07) is 5.89. The number of nitrogens with one attached hydrogen (secondary N) is 2. The molecule has 0 radical (unpaired) electrons. The summed E-state index contributed by atoms with van der Waals surface area (Å²) >= 11 is 6.48. The largest absolute Gasteiger partial charge is 0.357 e. The number of allylic oxidation sites excluding steroid dienone is 1. The van der Waals surface area contributed by atoms with E-state index in [1.54, 1.807) is 12.4 Å². The number of fused-ring (bicyclic) bond motifs is 1. The zero-order chi connectivity index (χ0) is 19.2. The number of aromatic nitrogens is 3. The number of carbonyl (C=O) groups is 1. The molecule has 2 heterocycles. The molecule has 4 rings (SSSR count). The average molecular weight is 381 g/mol. The molecule has 1 aliphatic carbocycles. The van der Waals surface area contributed by atoms with Crippen molar-refractivity contribution < 1.29 is 4.79 Å². The third-order valence-electron chi connectivity index (χ3n) is 5.12. The molecule has 1 amide bonds. The van der Waals surface area contributed by atoms with E-state index in [9.17, 15) is 4.79 Å². The molecular formula is C21H21ClN4O. The quantitative estimate of drug-likeness (QED) is 0.672. The first-order valence-corrected chi connectivity index (χ1v) is 9.31. The highest BCUT2D eigenvalue weighted by Crippen LogP contribution is 2.45. The van der Waals surface area contributed by atoms with Crippen LogP contribution in [-0.2, 0) is 11.3 Å². The first-order chi connectivity index (χ1) is 12.9. The van der Waals surface area contributed by atoms with Gasteiger partial charge in [0.1, 0.15) is 0 Å². The number of carbonyl (C=O) groups excluding carboxylic acids is 1. The van der Waals surface area contributed by atoms with Crippen molar-refractivity contribution in [1.29, 1.82) is 0 Å². The summed E-state index contributed by atoms with van der Waals surface area (Å²) in [7, 11) is 0. The molecule has 1 aromatic carbocycles. The lowest BCUT2D eigenvalue weighted by atomic mass is 10.1. The molecule has 0 spiro atoms. The van der Waals surface area contributed by atoms with E-state index in [0.29, 0.717) is 17.3 Å². The van der Waals surface area contributed by atoms with Crippen molar-refractivity contribution in [3.8, 4) is 11.3 Å². The molecule has 2 aromatic heterocycles. The van der Waals surface area contributed by atoms with Gasteiger partial charge in [-0.3, -0.25) is 14.8 Å². The fourth-order valence-corrected chi connectivity index (χ4v) is 3.26. The van der Waals surface area contributed by atoms with Crippen LogP contribution in [0.1, 0.15) is 38.1 Å². The van der Waals surface area contributed by atoms with Gasteiger partial charge in [0, 0.05) is 27.6 Å². The molecule has 1 saturated carbocycles. The second-order valence-electron chi connectivity index (χ2n) is 7.52. The summed E-state index contributed by atoms with van der Waals surface area (Å²) in [5.41, 5.74) is 4.87. The zero-order valence-electron chi connectivity index (χ0n) is 15.4. The number of halogens is 1. The third kappa shape index (κ3) is 3.47. The first-order valence-electron chi connectivity index (χ1n) is 8.93. The van der Waals surface area contributed by atoms with Crippen molar-refractivity contribution >= 4 is 34.0 Å². The smallest absolute Gasteiger partial charge is 0.226 e. The number of H-pyrrole nitrogens is 1. The fourth-order valence-electron chi connectivity index (χ4n) is 3.00. The number of hydrogen-bond acceptors (Lipinski definition) is 3. The maximum absolute atomic E-state index is 12.1. The fraction of sp³-hybridized carbons (Fsp3) is 0.286. The van der Waals surface area contributed by atoms with E-state index >= 15 is 0 Å². The maximum atomic E-state index is 12.1. The number of rotatable bonds is 5. The lowest BCUT2D eigenvalue weighted by Crippen LogP contribution is -2.29. The van der Waals surface area contributed by atoms with E-state index in [0.717, 1.165) is 46.3 Å². The van der Waals surface area contributed by atoms with Gasteiger partial charge in [-0.15, -0.1) is 0 Å². The van der Waals surface area contributed by atoms with Gasteiger partial charge in [0.25, 0.3) is 0 Å². The zero-order valence-corrected chi connectivity index (χ0v) is 16.2. The molecule has 0 atom stereocenters. The van der Waals surface area contributed by atoms with Gasteiger partial charge in [0.15, 0.2) is 0 Å². The average Bonchev–Trinajstić information content (AvgIpc) is 3.28. The van der Waals surface area contributed by atoms with Crippen molar-refractivity contribution in [1.82, 2.24) is 20.3 Å². The Balaban J connectivity index is 1.59. The van der Waals surface area contributed by atoms with E-state index in [1.165, 1.54) is 0 Å². The van der Waals surface area contributed by atoms with E-state index in [4.69, 9.17) is 11.6 Å². The molecule has 0 unspecified atom stereocenters. The van der Waals surface area contributed by atoms with Crippen LogP contribution in [0.5, 0.6) is 0 Å². The highest BCUT2D eigenvalue weighted by atomic mass is 35.5. The standard InChI is InChI=1S/C21H21ClN4O/c1-12(2)18-10-24-19(11-23-18)15-8-17-13(7-16(15)22)6-14(26-17)9-25-20(27)21(3)4-5-21/h6-8,10-11,26H,1,4-5,9H2,2-3H3,(H,25,27). The summed E-state index contributed by atoms with van der Waals surface area (Å²) in [6.45, 7) is 8.24. The first kappa shape index (κ1) is 17.7. The van der Waals surface area contributed by atoms with Gasteiger partial charge >= 0.3 is 0 Å². The molecule has 1 aliphatic rings. The van der Waals surface area contributed by atoms with Crippen LogP contribution in [0.3, 0.4) is 0 Å².